The first-order valence-corrected chi connectivity index (χ1v) is 7.65. The van der Waals surface area contributed by atoms with Gasteiger partial charge >= 0.3 is 23.9 Å². The van der Waals surface area contributed by atoms with Gasteiger partial charge in [-0.15, -0.1) is 11.3 Å². The van der Waals surface area contributed by atoms with E-state index >= 15 is 0 Å². The van der Waals surface area contributed by atoms with Gasteiger partial charge in [0.05, 0.1) is 4.88 Å². The summed E-state index contributed by atoms with van der Waals surface area (Å²) in [7, 11) is 1.37. The van der Waals surface area contributed by atoms with E-state index in [0.717, 1.165) is 10.4 Å². The van der Waals surface area contributed by atoms with Crippen LogP contribution in [0.1, 0.15) is 16.3 Å². The van der Waals surface area contributed by atoms with Crippen molar-refractivity contribution in [3.8, 4) is 10.7 Å². The molecule has 0 unspecified atom stereocenters. The lowest BCUT2D eigenvalue weighted by Gasteiger charge is -2.25. The Labute approximate surface area is 137 Å². The first kappa shape index (κ1) is 16.4. The molecule has 3 rings (SSSR count). The van der Waals surface area contributed by atoms with Crippen molar-refractivity contribution in [1.29, 1.82) is 0 Å². The molecule has 0 saturated heterocycles. The van der Waals surface area contributed by atoms with Crippen molar-refractivity contribution < 1.29 is 27.3 Å². The van der Waals surface area contributed by atoms with Gasteiger partial charge in [0.2, 0.25) is 5.82 Å². The average molecular weight is 360 g/mol. The molecule has 2 aromatic rings. The van der Waals surface area contributed by atoms with E-state index in [2.05, 4.69) is 20.0 Å². The van der Waals surface area contributed by atoms with Crippen LogP contribution in [0.15, 0.2) is 10.6 Å². The molecule has 128 valence electrons. The number of alkyl halides is 3. The molecule has 0 bridgehead atoms. The van der Waals surface area contributed by atoms with Gasteiger partial charge in [0.15, 0.2) is 0 Å². The number of nitrogens with one attached hydrogen (secondary N) is 1. The van der Waals surface area contributed by atoms with Crippen LogP contribution in [0.25, 0.3) is 10.7 Å². The third kappa shape index (κ3) is 2.98. The summed E-state index contributed by atoms with van der Waals surface area (Å²) in [4.78, 5) is 29.4. The van der Waals surface area contributed by atoms with E-state index in [0.29, 0.717) is 17.8 Å². The summed E-state index contributed by atoms with van der Waals surface area (Å²) in [5, 5.41) is 5.62. The first-order valence-electron chi connectivity index (χ1n) is 6.83. The van der Waals surface area contributed by atoms with E-state index in [4.69, 9.17) is 0 Å². The number of nitrogens with zero attached hydrogens (tertiary/aromatic N) is 3. The molecule has 2 amide bonds. The van der Waals surface area contributed by atoms with Crippen LogP contribution in [0.5, 0.6) is 0 Å². The van der Waals surface area contributed by atoms with Crippen LogP contribution in [0, 0.1) is 0 Å². The van der Waals surface area contributed by atoms with Crippen molar-refractivity contribution in [2.75, 3.05) is 13.6 Å². The second-order valence-electron chi connectivity index (χ2n) is 5.04. The molecule has 0 radical (unpaired) electrons. The molecule has 0 fully saturated rings. The highest BCUT2D eigenvalue weighted by atomic mass is 32.1. The number of carbonyl (C=O) groups is 2. The summed E-state index contributed by atoms with van der Waals surface area (Å²) < 4.78 is 41.8. The van der Waals surface area contributed by atoms with Crippen molar-refractivity contribution in [2.24, 2.45) is 0 Å². The molecule has 1 aliphatic rings. The Balaban J connectivity index is 1.82. The number of likely N-dealkylation sites (N-methyl/N-ethyl adjacent to an activating group) is 1. The maximum absolute atomic E-state index is 12.5. The van der Waals surface area contributed by atoms with E-state index in [1.54, 1.807) is 6.07 Å². The van der Waals surface area contributed by atoms with Gasteiger partial charge in [0, 0.05) is 25.0 Å². The minimum Gasteiger partial charge on any atom is -0.351 e. The highest BCUT2D eigenvalue weighted by Crippen LogP contribution is 2.35. The molecule has 1 aliphatic heterocycles. The predicted molar refractivity (Wildman–Crippen MR) is 75.8 cm³/mol. The smallest absolute Gasteiger partial charge is 0.351 e. The molecule has 7 nitrogen and oxygen atoms in total. The number of carbonyl (C=O) groups excluding carboxylic acids is 2. The zero-order valence-electron chi connectivity index (χ0n) is 12.3. The van der Waals surface area contributed by atoms with E-state index in [1.165, 1.54) is 23.3 Å². The number of thiophene rings is 1. The van der Waals surface area contributed by atoms with Crippen LogP contribution in [-0.4, -0.2) is 40.4 Å². The Hall–Kier alpha value is -2.43. The Morgan fingerprint density at radius 3 is 2.79 bits per heavy atom. The first-order chi connectivity index (χ1) is 11.3. The summed E-state index contributed by atoms with van der Waals surface area (Å²) in [6, 6.07) is 1.62. The third-order valence-corrected chi connectivity index (χ3v) is 4.70. The quantitative estimate of drug-likeness (QED) is 0.778. The lowest BCUT2D eigenvalue weighted by Crippen LogP contribution is -2.43. The molecule has 0 aliphatic carbocycles. The van der Waals surface area contributed by atoms with Gasteiger partial charge in [-0.1, -0.05) is 5.16 Å². The number of hydrogen-bond donors (Lipinski definition) is 1. The maximum atomic E-state index is 12.5. The number of rotatable bonds is 1. The second-order valence-corrected chi connectivity index (χ2v) is 6.17. The van der Waals surface area contributed by atoms with Crippen LogP contribution in [-0.2, 0) is 28.7 Å². The van der Waals surface area contributed by atoms with Crippen molar-refractivity contribution in [3.63, 3.8) is 0 Å². The van der Waals surface area contributed by atoms with Crippen molar-refractivity contribution >= 4 is 23.2 Å². The predicted octanol–water partition coefficient (Wildman–Crippen LogP) is 1.45. The normalized spacial score (nSPS) is 14.4. The monoisotopic (exact) mass is 360 g/mol. The largest absolute Gasteiger partial charge is 0.471 e. The highest BCUT2D eigenvalue weighted by molar-refractivity contribution is 7.15. The summed E-state index contributed by atoms with van der Waals surface area (Å²) in [5.74, 6) is -2.90. The van der Waals surface area contributed by atoms with Gasteiger partial charge in [0.25, 0.3) is 0 Å². The molecule has 3 heterocycles. The standard InChI is InChI=1S/C13H11F3N4O3S/c1-17-10(21)11(22)20-3-2-7-6(5-20)4-8(24-7)9-18-12(23-19-9)13(14,15)16/h4H,2-3,5H2,1H3,(H,17,21). The second kappa shape index (κ2) is 5.89. The number of hydrogen-bond acceptors (Lipinski definition) is 6. The molecule has 0 aromatic carbocycles. The van der Waals surface area contributed by atoms with Crippen LogP contribution >= 0.6 is 11.3 Å². The van der Waals surface area contributed by atoms with Crippen molar-refractivity contribution in [1.82, 2.24) is 20.4 Å². The van der Waals surface area contributed by atoms with E-state index in [-0.39, 0.29) is 12.4 Å². The van der Waals surface area contributed by atoms with Gasteiger partial charge in [-0.3, -0.25) is 9.59 Å². The lowest BCUT2D eigenvalue weighted by atomic mass is 10.1. The Morgan fingerprint density at radius 2 is 2.17 bits per heavy atom. The van der Waals surface area contributed by atoms with E-state index < -0.39 is 23.9 Å². The average Bonchev–Trinajstić information content (AvgIpc) is 3.18. The van der Waals surface area contributed by atoms with E-state index in [9.17, 15) is 22.8 Å². The number of amides is 2. The number of aromatic nitrogens is 2. The topological polar surface area (TPSA) is 88.3 Å². The summed E-state index contributed by atoms with van der Waals surface area (Å²) >= 11 is 1.25. The zero-order valence-corrected chi connectivity index (χ0v) is 13.1. The number of halogens is 3. The lowest BCUT2D eigenvalue weighted by molar-refractivity contribution is -0.159. The van der Waals surface area contributed by atoms with Gasteiger partial charge in [0.1, 0.15) is 0 Å². The Bertz CT molecular complexity index is 799. The zero-order chi connectivity index (χ0) is 17.5. The molecule has 11 heteroatoms. The van der Waals surface area contributed by atoms with Gasteiger partial charge in [-0.2, -0.15) is 18.2 Å². The Morgan fingerprint density at radius 1 is 1.42 bits per heavy atom. The van der Waals surface area contributed by atoms with Crippen LogP contribution < -0.4 is 5.32 Å². The molecule has 1 N–H and O–H groups in total. The van der Waals surface area contributed by atoms with E-state index in [1.807, 2.05) is 0 Å². The Kier molecular flexibility index (Phi) is 4.03. The minimum atomic E-state index is -4.70. The molecule has 24 heavy (non-hydrogen) atoms. The van der Waals surface area contributed by atoms with Crippen LogP contribution in [0.4, 0.5) is 13.2 Å². The molecular weight excluding hydrogens is 349 g/mol. The number of fused-ring (bicyclic) bond motifs is 1. The molecule has 2 aromatic heterocycles. The fourth-order valence-electron chi connectivity index (χ4n) is 2.31. The molecule has 0 atom stereocenters. The molecule has 0 spiro atoms. The highest BCUT2D eigenvalue weighted by Gasteiger charge is 2.39. The molecular formula is C13H11F3N4O3S. The van der Waals surface area contributed by atoms with Crippen LogP contribution in [0.3, 0.4) is 0 Å². The van der Waals surface area contributed by atoms with Gasteiger partial charge < -0.3 is 14.7 Å². The van der Waals surface area contributed by atoms with Gasteiger partial charge in [-0.25, -0.2) is 0 Å². The molecule has 0 saturated carbocycles. The van der Waals surface area contributed by atoms with Crippen molar-refractivity contribution in [3.05, 3.63) is 22.4 Å². The summed E-state index contributed by atoms with van der Waals surface area (Å²) in [5.41, 5.74) is 0.761. The fraction of sp³-hybridized carbons (Fsp3) is 0.385. The summed E-state index contributed by atoms with van der Waals surface area (Å²) in [6.07, 6.45) is -4.19. The fourth-order valence-corrected chi connectivity index (χ4v) is 3.39. The summed E-state index contributed by atoms with van der Waals surface area (Å²) in [6.45, 7) is 0.571. The van der Waals surface area contributed by atoms with Crippen molar-refractivity contribution in [2.45, 2.75) is 19.1 Å². The maximum Gasteiger partial charge on any atom is 0.471 e. The SMILES string of the molecule is CNC(=O)C(=O)N1CCc2sc(-c3noc(C(F)(F)F)n3)cc2C1. The van der Waals surface area contributed by atoms with Crippen LogP contribution in [0.2, 0.25) is 0 Å². The minimum absolute atomic E-state index is 0.147. The third-order valence-electron chi connectivity index (χ3n) is 3.46. The van der Waals surface area contributed by atoms with Gasteiger partial charge in [-0.05, 0) is 18.1 Å².